The SMILES string of the molecule is CCC(=O)N(CCNC(=O)OCC1c2ccccc2-c2ccccc21)CC(C)=O.I[I-]I. The van der Waals surface area contributed by atoms with Crippen LogP contribution in [0.3, 0.4) is 0 Å². The Balaban J connectivity index is 0.00000114. The fourth-order valence-corrected chi connectivity index (χ4v) is 3.73. The van der Waals surface area contributed by atoms with E-state index in [1.807, 2.05) is 24.3 Å². The molecule has 0 bridgehead atoms. The van der Waals surface area contributed by atoms with Crippen LogP contribution in [0.15, 0.2) is 48.5 Å². The molecule has 0 atom stereocenters. The molecule has 9 heteroatoms. The van der Waals surface area contributed by atoms with Crippen molar-refractivity contribution in [2.75, 3.05) is 26.2 Å². The second kappa shape index (κ2) is 14.3. The molecule has 0 saturated carbocycles. The number of carbonyl (C=O) groups excluding carboxylic acids is 3. The number of benzene rings is 2. The third kappa shape index (κ3) is 7.82. The molecule has 1 aliphatic rings. The van der Waals surface area contributed by atoms with Crippen molar-refractivity contribution in [3.63, 3.8) is 0 Å². The molecule has 1 N–H and O–H groups in total. The number of alkyl carbamates (subject to hydrolysis) is 1. The Hall–Kier alpha value is -0.960. The van der Waals surface area contributed by atoms with E-state index in [1.54, 1.807) is 6.92 Å². The van der Waals surface area contributed by atoms with E-state index in [0.717, 1.165) is 11.1 Å². The predicted octanol–water partition coefficient (Wildman–Crippen LogP) is 2.13. The van der Waals surface area contributed by atoms with Gasteiger partial charge < -0.3 is 15.0 Å². The normalized spacial score (nSPS) is 11.6. The number of ketones is 1. The van der Waals surface area contributed by atoms with Gasteiger partial charge >= 0.3 is 56.6 Å². The van der Waals surface area contributed by atoms with Crippen LogP contribution in [0.5, 0.6) is 0 Å². The summed E-state index contributed by atoms with van der Waals surface area (Å²) >= 11 is 5.30. The molecule has 32 heavy (non-hydrogen) atoms. The molecule has 174 valence electrons. The molecule has 0 aromatic heterocycles. The number of amides is 2. The van der Waals surface area contributed by atoms with Gasteiger partial charge in [-0.05, 0) is 29.2 Å². The zero-order valence-electron chi connectivity index (χ0n) is 17.9. The van der Waals surface area contributed by atoms with Crippen LogP contribution in [0.1, 0.15) is 37.3 Å². The van der Waals surface area contributed by atoms with E-state index < -0.39 is 6.09 Å². The number of nitrogens with zero attached hydrogens (tertiary/aromatic N) is 1. The van der Waals surface area contributed by atoms with Crippen LogP contribution in [0.4, 0.5) is 4.79 Å². The maximum absolute atomic E-state index is 12.2. The van der Waals surface area contributed by atoms with Crippen molar-refractivity contribution in [1.29, 1.82) is 0 Å². The predicted molar refractivity (Wildman–Crippen MR) is 139 cm³/mol. The van der Waals surface area contributed by atoms with Crippen LogP contribution in [-0.2, 0) is 14.3 Å². The number of fused-ring (bicyclic) bond motifs is 3. The average molecular weight is 775 g/mol. The van der Waals surface area contributed by atoms with Gasteiger partial charge in [-0.25, -0.2) is 4.79 Å². The number of ether oxygens (including phenoxy) is 1. The monoisotopic (exact) mass is 775 g/mol. The molecule has 0 saturated heterocycles. The molecule has 0 radical (unpaired) electrons. The Morgan fingerprint density at radius 2 is 1.56 bits per heavy atom. The van der Waals surface area contributed by atoms with E-state index in [0.29, 0.717) is 19.7 Å². The summed E-state index contributed by atoms with van der Waals surface area (Å²) in [5.74, 6) is -0.202. The van der Waals surface area contributed by atoms with Gasteiger partial charge in [0.1, 0.15) is 12.4 Å². The van der Waals surface area contributed by atoms with Crippen molar-refractivity contribution < 1.29 is 32.4 Å². The number of hydrogen-bond donors (Lipinski definition) is 1. The first-order valence-electron chi connectivity index (χ1n) is 10.2. The Morgan fingerprint density at radius 3 is 2.06 bits per heavy atom. The van der Waals surface area contributed by atoms with Gasteiger partial charge in [0.25, 0.3) is 0 Å². The summed E-state index contributed by atoms with van der Waals surface area (Å²) in [6, 6.07) is 16.3. The molecule has 0 aliphatic heterocycles. The molecule has 3 rings (SSSR count). The van der Waals surface area contributed by atoms with Crippen molar-refractivity contribution in [3.8, 4) is 11.1 Å². The van der Waals surface area contributed by atoms with E-state index in [-0.39, 0.29) is 43.8 Å². The number of carbonyl (C=O) groups is 3. The van der Waals surface area contributed by atoms with Gasteiger partial charge in [-0.15, -0.1) is 0 Å². The first-order valence-corrected chi connectivity index (χ1v) is 22.7. The van der Waals surface area contributed by atoms with Crippen molar-refractivity contribution in [2.45, 2.75) is 26.2 Å². The van der Waals surface area contributed by atoms with Crippen LogP contribution in [-0.4, -0.2) is 48.9 Å². The van der Waals surface area contributed by atoms with Gasteiger partial charge in [-0.3, -0.25) is 9.59 Å². The average Bonchev–Trinajstić information content (AvgIpc) is 3.10. The van der Waals surface area contributed by atoms with Gasteiger partial charge in [-0.1, -0.05) is 55.5 Å². The summed E-state index contributed by atoms with van der Waals surface area (Å²) in [5.41, 5.74) is 4.66. The van der Waals surface area contributed by atoms with E-state index in [2.05, 4.69) is 66.8 Å². The summed E-state index contributed by atoms with van der Waals surface area (Å²) in [6.45, 7) is 3.99. The second-order valence-corrected chi connectivity index (χ2v) is 23.4. The standard InChI is InChI=1S/C23H26N2O4.I3/c1-3-22(27)25(14-16(2)26)13-12-24-23(28)29-15-21-19-10-6-4-8-17(19)18-9-5-7-11-20(18)21;1-3-2/h4-11,21H,3,12-15H2,1-2H3,(H,24,28);/q;-1. The zero-order valence-corrected chi connectivity index (χ0v) is 24.4. The summed E-state index contributed by atoms with van der Waals surface area (Å²) in [7, 11) is 0. The number of rotatable bonds is 8. The van der Waals surface area contributed by atoms with E-state index in [4.69, 9.17) is 4.74 Å². The molecule has 0 heterocycles. The molecule has 2 amide bonds. The van der Waals surface area contributed by atoms with Gasteiger partial charge in [-0.2, -0.15) is 0 Å². The van der Waals surface area contributed by atoms with Crippen LogP contribution in [0, 0.1) is 0 Å². The maximum atomic E-state index is 12.2. The quantitative estimate of drug-likeness (QED) is 0.418. The summed E-state index contributed by atoms with van der Waals surface area (Å²) in [6.07, 6.45) is -0.211. The first-order chi connectivity index (χ1) is 15.4. The van der Waals surface area contributed by atoms with Crippen LogP contribution >= 0.6 is 37.2 Å². The van der Waals surface area contributed by atoms with E-state index in [1.165, 1.54) is 23.0 Å². The molecule has 2 aromatic carbocycles. The first kappa shape index (κ1) is 27.3. The molecule has 0 fully saturated rings. The van der Waals surface area contributed by atoms with E-state index in [9.17, 15) is 14.4 Å². The van der Waals surface area contributed by atoms with Crippen LogP contribution in [0.2, 0.25) is 0 Å². The molecule has 2 aromatic rings. The van der Waals surface area contributed by atoms with Crippen molar-refractivity contribution in [1.82, 2.24) is 10.2 Å². The zero-order chi connectivity index (χ0) is 23.5. The van der Waals surface area contributed by atoms with Gasteiger partial charge in [0.15, 0.2) is 0 Å². The number of halogens is 3. The Labute approximate surface area is 218 Å². The summed E-state index contributed by atoms with van der Waals surface area (Å²) < 4.78 is 5.47. The Morgan fingerprint density at radius 1 is 1.03 bits per heavy atom. The molecule has 1 aliphatic carbocycles. The molecular formula is C23H26I3N2O4-. The Kier molecular flexibility index (Phi) is 12.2. The van der Waals surface area contributed by atoms with Crippen LogP contribution in [0.25, 0.3) is 11.1 Å². The number of Topliss-reactive ketones (excluding diaryl/α,β-unsaturated/α-hetero) is 1. The molecule has 6 nitrogen and oxygen atoms in total. The number of hydrogen-bond acceptors (Lipinski definition) is 4. The number of nitrogens with one attached hydrogen (secondary N) is 1. The third-order valence-electron chi connectivity index (χ3n) is 5.06. The minimum atomic E-state index is -0.529. The van der Waals surface area contributed by atoms with Crippen molar-refractivity contribution in [3.05, 3.63) is 59.7 Å². The van der Waals surface area contributed by atoms with Gasteiger partial charge in [0, 0.05) is 25.4 Å². The minimum absolute atomic E-state index is 0.00373. The van der Waals surface area contributed by atoms with Gasteiger partial charge in [0.05, 0.1) is 6.54 Å². The summed E-state index contributed by atoms with van der Waals surface area (Å²) in [4.78, 5) is 36.8. The molecular weight excluding hydrogens is 749 g/mol. The fourth-order valence-electron chi connectivity index (χ4n) is 3.73. The van der Waals surface area contributed by atoms with E-state index >= 15 is 0 Å². The summed E-state index contributed by atoms with van der Waals surface area (Å²) in [5, 5.41) is 2.67. The Bertz CT molecular complexity index is 893. The topological polar surface area (TPSA) is 75.7 Å². The molecule has 0 unspecified atom stereocenters. The van der Waals surface area contributed by atoms with Crippen molar-refractivity contribution >= 4 is 55.0 Å². The fraction of sp³-hybridized carbons (Fsp3) is 0.348. The van der Waals surface area contributed by atoms with Crippen LogP contribution < -0.4 is 18.6 Å². The van der Waals surface area contributed by atoms with Crippen molar-refractivity contribution in [2.24, 2.45) is 0 Å². The second-order valence-electron chi connectivity index (χ2n) is 7.18. The van der Waals surface area contributed by atoms with Gasteiger partial charge in [0.2, 0.25) is 5.91 Å². The third-order valence-corrected chi connectivity index (χ3v) is 5.06. The molecule has 0 spiro atoms.